The first kappa shape index (κ1) is 11.1. The van der Waals surface area contributed by atoms with Crippen LogP contribution in [0.15, 0.2) is 30.6 Å². The molecule has 16 heavy (non-hydrogen) atoms. The number of likely N-dealkylation sites (N-methyl/N-ethyl adjacent to an activating group) is 1. The Balaban J connectivity index is 2.32. The molecule has 0 amide bonds. The molecule has 2 rings (SSSR count). The molecule has 2 atom stereocenters. The minimum atomic E-state index is 0.410. The molecule has 1 aromatic carbocycles. The summed E-state index contributed by atoms with van der Waals surface area (Å²) in [5.41, 5.74) is 2.28. The Morgan fingerprint density at radius 3 is 2.81 bits per heavy atom. The highest BCUT2D eigenvalue weighted by atomic mass is 15.1. The van der Waals surface area contributed by atoms with Crippen LogP contribution in [-0.4, -0.2) is 22.1 Å². The van der Waals surface area contributed by atoms with Crippen molar-refractivity contribution in [1.29, 1.82) is 0 Å². The first-order valence-electron chi connectivity index (χ1n) is 5.89. The zero-order chi connectivity index (χ0) is 11.5. The highest BCUT2D eigenvalue weighted by Gasteiger charge is 2.14. The summed E-state index contributed by atoms with van der Waals surface area (Å²) in [6, 6.07) is 9.12. The maximum atomic E-state index is 4.42. The Hall–Kier alpha value is -1.35. The van der Waals surface area contributed by atoms with Gasteiger partial charge in [0, 0.05) is 12.1 Å². The number of benzene rings is 1. The van der Waals surface area contributed by atoms with Crippen molar-refractivity contribution in [2.24, 2.45) is 0 Å². The fourth-order valence-corrected chi connectivity index (χ4v) is 2.04. The lowest BCUT2D eigenvalue weighted by Crippen LogP contribution is -2.33. The zero-order valence-corrected chi connectivity index (χ0v) is 10.1. The lowest BCUT2D eigenvalue weighted by Gasteiger charge is -2.22. The summed E-state index contributed by atoms with van der Waals surface area (Å²) in [7, 11) is 0. The Morgan fingerprint density at radius 1 is 1.31 bits per heavy atom. The third-order valence-corrected chi connectivity index (χ3v) is 3.17. The van der Waals surface area contributed by atoms with Gasteiger partial charge in [-0.1, -0.05) is 19.1 Å². The van der Waals surface area contributed by atoms with Crippen LogP contribution in [-0.2, 0) is 0 Å². The van der Waals surface area contributed by atoms with E-state index in [1.807, 2.05) is 12.4 Å². The largest absolute Gasteiger partial charge is 0.326 e. The number of rotatable bonds is 4. The molecular weight excluding hydrogens is 198 g/mol. The predicted molar refractivity (Wildman–Crippen MR) is 67.6 cm³/mol. The smallest absolute Gasteiger partial charge is 0.0961 e. The molecule has 1 heterocycles. The number of imidazole rings is 1. The third kappa shape index (κ3) is 1.95. The van der Waals surface area contributed by atoms with Crippen LogP contribution in [0.2, 0.25) is 0 Å². The van der Waals surface area contributed by atoms with E-state index in [0.717, 1.165) is 12.1 Å². The van der Waals surface area contributed by atoms with E-state index >= 15 is 0 Å². The molecule has 3 heteroatoms. The van der Waals surface area contributed by atoms with Crippen molar-refractivity contribution in [1.82, 2.24) is 14.9 Å². The molecule has 0 aliphatic heterocycles. The Morgan fingerprint density at radius 2 is 2.06 bits per heavy atom. The van der Waals surface area contributed by atoms with Gasteiger partial charge in [0.15, 0.2) is 0 Å². The number of hydrogen-bond donors (Lipinski definition) is 1. The lowest BCUT2D eigenvalue weighted by molar-refractivity contribution is 0.406. The Bertz CT molecular complexity index is 461. The molecule has 0 fully saturated rings. The van der Waals surface area contributed by atoms with Crippen molar-refractivity contribution in [2.45, 2.75) is 32.9 Å². The van der Waals surface area contributed by atoms with Crippen LogP contribution < -0.4 is 5.32 Å². The summed E-state index contributed by atoms with van der Waals surface area (Å²) in [4.78, 5) is 4.42. The molecule has 2 unspecified atom stereocenters. The topological polar surface area (TPSA) is 29.9 Å². The van der Waals surface area contributed by atoms with Crippen molar-refractivity contribution < 1.29 is 0 Å². The second-order valence-corrected chi connectivity index (χ2v) is 4.23. The first-order chi connectivity index (χ1) is 7.74. The van der Waals surface area contributed by atoms with Crippen LogP contribution in [0.25, 0.3) is 11.0 Å². The summed E-state index contributed by atoms with van der Waals surface area (Å²) in [6.45, 7) is 7.57. The third-order valence-electron chi connectivity index (χ3n) is 3.17. The highest BCUT2D eigenvalue weighted by molar-refractivity contribution is 5.75. The van der Waals surface area contributed by atoms with E-state index in [9.17, 15) is 0 Å². The van der Waals surface area contributed by atoms with Gasteiger partial charge >= 0.3 is 0 Å². The summed E-state index contributed by atoms with van der Waals surface area (Å²) >= 11 is 0. The van der Waals surface area contributed by atoms with Crippen molar-refractivity contribution in [3.8, 4) is 0 Å². The van der Waals surface area contributed by atoms with Gasteiger partial charge in [0.1, 0.15) is 0 Å². The van der Waals surface area contributed by atoms with Gasteiger partial charge in [-0.15, -0.1) is 0 Å². The molecule has 0 radical (unpaired) electrons. The number of para-hydroxylation sites is 2. The average Bonchev–Trinajstić information content (AvgIpc) is 2.72. The van der Waals surface area contributed by atoms with Crippen LogP contribution in [0.1, 0.15) is 26.8 Å². The number of nitrogens with zero attached hydrogens (tertiary/aromatic N) is 2. The number of hydrogen-bond acceptors (Lipinski definition) is 2. The van der Waals surface area contributed by atoms with Crippen LogP contribution in [0.5, 0.6) is 0 Å². The normalized spacial score (nSPS) is 15.2. The minimum absolute atomic E-state index is 0.410. The zero-order valence-electron chi connectivity index (χ0n) is 10.1. The summed E-state index contributed by atoms with van der Waals surface area (Å²) in [5.74, 6) is 0. The molecular formula is C13H19N3. The molecule has 86 valence electrons. The van der Waals surface area contributed by atoms with Gasteiger partial charge in [-0.05, 0) is 32.5 Å². The van der Waals surface area contributed by atoms with Crippen molar-refractivity contribution in [3.63, 3.8) is 0 Å². The van der Waals surface area contributed by atoms with E-state index in [2.05, 4.69) is 53.8 Å². The van der Waals surface area contributed by atoms with Gasteiger partial charge in [0.05, 0.1) is 17.4 Å². The molecule has 0 aliphatic carbocycles. The molecule has 0 saturated carbocycles. The maximum Gasteiger partial charge on any atom is 0.0961 e. The van der Waals surface area contributed by atoms with Gasteiger partial charge in [-0.25, -0.2) is 4.98 Å². The van der Waals surface area contributed by atoms with Gasteiger partial charge in [-0.3, -0.25) is 0 Å². The Kier molecular flexibility index (Phi) is 3.25. The summed E-state index contributed by atoms with van der Waals surface area (Å²) in [6.07, 6.45) is 1.93. The van der Waals surface area contributed by atoms with Gasteiger partial charge in [0.2, 0.25) is 0 Å². The van der Waals surface area contributed by atoms with Crippen LogP contribution in [0.3, 0.4) is 0 Å². The van der Waals surface area contributed by atoms with Crippen molar-refractivity contribution in [3.05, 3.63) is 30.6 Å². The summed E-state index contributed by atoms with van der Waals surface area (Å²) in [5, 5.41) is 3.45. The summed E-state index contributed by atoms with van der Waals surface area (Å²) < 4.78 is 2.24. The van der Waals surface area contributed by atoms with E-state index in [1.165, 1.54) is 5.52 Å². The molecule has 1 aromatic heterocycles. The monoisotopic (exact) mass is 217 g/mol. The minimum Gasteiger partial charge on any atom is -0.326 e. The fourth-order valence-electron chi connectivity index (χ4n) is 2.04. The highest BCUT2D eigenvalue weighted by Crippen LogP contribution is 2.19. The number of nitrogens with one attached hydrogen (secondary N) is 1. The van der Waals surface area contributed by atoms with E-state index in [0.29, 0.717) is 12.1 Å². The first-order valence-corrected chi connectivity index (χ1v) is 5.89. The Labute approximate surface area is 96.5 Å². The van der Waals surface area contributed by atoms with E-state index < -0.39 is 0 Å². The van der Waals surface area contributed by atoms with Gasteiger partial charge in [-0.2, -0.15) is 0 Å². The molecule has 0 aliphatic rings. The van der Waals surface area contributed by atoms with E-state index in [1.54, 1.807) is 0 Å². The standard InChI is InChI=1S/C13H19N3/c1-4-14-10(2)11(3)16-9-15-12-7-5-6-8-13(12)16/h5-11,14H,4H2,1-3H3. The number of aromatic nitrogens is 2. The van der Waals surface area contributed by atoms with Gasteiger partial charge < -0.3 is 9.88 Å². The second kappa shape index (κ2) is 4.66. The number of fused-ring (bicyclic) bond motifs is 1. The lowest BCUT2D eigenvalue weighted by atomic mass is 10.1. The van der Waals surface area contributed by atoms with Crippen LogP contribution in [0, 0.1) is 0 Å². The van der Waals surface area contributed by atoms with Crippen molar-refractivity contribution >= 4 is 11.0 Å². The van der Waals surface area contributed by atoms with Crippen molar-refractivity contribution in [2.75, 3.05) is 6.54 Å². The average molecular weight is 217 g/mol. The maximum absolute atomic E-state index is 4.42. The molecule has 2 aromatic rings. The fraction of sp³-hybridized carbons (Fsp3) is 0.462. The second-order valence-electron chi connectivity index (χ2n) is 4.23. The quantitative estimate of drug-likeness (QED) is 0.853. The SMILES string of the molecule is CCNC(C)C(C)n1cnc2ccccc21. The molecule has 3 nitrogen and oxygen atoms in total. The van der Waals surface area contributed by atoms with Crippen LogP contribution in [0.4, 0.5) is 0 Å². The van der Waals surface area contributed by atoms with E-state index in [4.69, 9.17) is 0 Å². The molecule has 1 N–H and O–H groups in total. The van der Waals surface area contributed by atoms with Gasteiger partial charge in [0.25, 0.3) is 0 Å². The molecule has 0 bridgehead atoms. The van der Waals surface area contributed by atoms with Crippen LogP contribution >= 0.6 is 0 Å². The molecule has 0 saturated heterocycles. The predicted octanol–water partition coefficient (Wildman–Crippen LogP) is 2.60. The van der Waals surface area contributed by atoms with E-state index in [-0.39, 0.29) is 0 Å². The molecule has 0 spiro atoms.